The zero-order valence-corrected chi connectivity index (χ0v) is 8.75. The molecule has 4 heteroatoms. The molecule has 1 aliphatic heterocycles. The van der Waals surface area contributed by atoms with Crippen LogP contribution >= 0.6 is 0 Å². The van der Waals surface area contributed by atoms with E-state index in [2.05, 4.69) is 0 Å². The van der Waals surface area contributed by atoms with Crippen molar-refractivity contribution in [1.29, 1.82) is 0 Å². The van der Waals surface area contributed by atoms with E-state index in [0.29, 0.717) is 0 Å². The molecule has 17 heavy (non-hydrogen) atoms. The van der Waals surface area contributed by atoms with Gasteiger partial charge in [-0.2, -0.15) is 0 Å². The van der Waals surface area contributed by atoms with Crippen LogP contribution in [0.1, 0.15) is 40.8 Å². The van der Waals surface area contributed by atoms with Crippen LogP contribution in [0.2, 0.25) is 2.82 Å². The predicted molar refractivity (Wildman–Crippen MR) is 68.4 cm³/mol. The normalized spacial score (nSPS) is 44.5. The van der Waals surface area contributed by atoms with Gasteiger partial charge in [-0.25, -0.2) is 4.79 Å². The zero-order valence-electron chi connectivity index (χ0n) is 22.7. The van der Waals surface area contributed by atoms with Gasteiger partial charge >= 0.3 is 5.69 Å². The molecule has 0 radical (unpaired) electrons. The number of aromatic amines is 1. The van der Waals surface area contributed by atoms with Crippen LogP contribution in [0.25, 0.3) is 11.0 Å². The van der Waals surface area contributed by atoms with Gasteiger partial charge in [-0.3, -0.25) is 4.57 Å². The molecule has 1 fully saturated rings. The van der Waals surface area contributed by atoms with E-state index in [1.165, 1.54) is 6.92 Å². The van der Waals surface area contributed by atoms with Crippen molar-refractivity contribution >= 4 is 11.0 Å². The van der Waals surface area contributed by atoms with E-state index >= 15 is 0 Å². The van der Waals surface area contributed by atoms with Crippen LogP contribution in [0.3, 0.4) is 0 Å². The van der Waals surface area contributed by atoms with E-state index in [4.69, 9.17) is 19.3 Å². The summed E-state index contributed by atoms with van der Waals surface area (Å²) < 4.78 is 113. The molecule has 0 unspecified atom stereocenters. The monoisotopic (exact) mass is 245 g/mol. The molecule has 1 aromatic heterocycles. The Morgan fingerprint density at radius 1 is 1.59 bits per heavy atom. The van der Waals surface area contributed by atoms with E-state index in [9.17, 15) is 4.79 Å². The Labute approximate surface area is 119 Å². The average Bonchev–Trinajstić information content (AvgIpc) is 2.93. The first-order chi connectivity index (χ1) is 13.7. The average molecular weight is 245 g/mol. The van der Waals surface area contributed by atoms with Gasteiger partial charge < -0.3 is 10.3 Å². The fourth-order valence-electron chi connectivity index (χ4n) is 1.50. The molecule has 1 saturated heterocycles. The fraction of sp³-hybridized carbons (Fsp3) is 0.462. The first-order valence-electron chi connectivity index (χ1n) is 11.7. The minimum atomic E-state index is -3.78. The van der Waals surface area contributed by atoms with Gasteiger partial charge in [0.25, 0.3) is 0 Å². The number of nitrogens with one attached hydrogen (secondary N) is 2. The first kappa shape index (κ1) is 3.26. The van der Waals surface area contributed by atoms with Gasteiger partial charge in [0.1, 0.15) is 1.41 Å². The van der Waals surface area contributed by atoms with Crippen LogP contribution in [0, 0.1) is 6.92 Å². The van der Waals surface area contributed by atoms with Gasteiger partial charge in [-0.1, -0.05) is 6.04 Å². The Morgan fingerprint density at radius 3 is 3.12 bits per heavy atom. The van der Waals surface area contributed by atoms with Gasteiger partial charge in [0.05, 0.1) is 16.5 Å². The topological polar surface area (TPSA) is 49.8 Å². The van der Waals surface area contributed by atoms with Crippen molar-refractivity contribution in [2.45, 2.75) is 25.7 Å². The van der Waals surface area contributed by atoms with Crippen molar-refractivity contribution in [2.24, 2.45) is 0 Å². The Kier molecular flexibility index (Phi) is 0.774. The lowest BCUT2D eigenvalue weighted by Gasteiger charge is -2.23. The molecule has 1 aliphatic rings. The molecule has 2 heterocycles. The SMILES string of the molecule is [2H]c1c(C)c([2H])c2c(c1[2H])n([2H])c(=O)n2C1([2H])C([2H])([2H])C([2H])([2H])N([2H])C([2H])([2H])C1([2H])[2H]. The van der Waals surface area contributed by atoms with Crippen molar-refractivity contribution in [1.82, 2.24) is 14.9 Å². The number of fused-ring (bicyclic) bond motifs is 1. The van der Waals surface area contributed by atoms with Crippen molar-refractivity contribution in [3.63, 3.8) is 0 Å². The molecule has 3 rings (SSSR count). The maximum atomic E-state index is 13.0. The third kappa shape index (κ3) is 1.78. The van der Waals surface area contributed by atoms with Crippen molar-refractivity contribution in [2.75, 3.05) is 13.0 Å². The summed E-state index contributed by atoms with van der Waals surface area (Å²) in [6.45, 7) is -6.07. The van der Waals surface area contributed by atoms with Crippen LogP contribution < -0.4 is 11.0 Å². The van der Waals surface area contributed by atoms with Crippen LogP contribution in [-0.4, -0.2) is 22.5 Å². The molecule has 0 bridgehead atoms. The number of hydrogen-bond donors (Lipinski definition) is 2. The number of nitrogens with zero attached hydrogens (tertiary/aromatic N) is 1. The molecule has 0 amide bonds. The molecule has 2 N–H and O–H groups in total. The Hall–Kier alpha value is -1.55. The van der Waals surface area contributed by atoms with Gasteiger partial charge in [0.15, 0.2) is 1.41 Å². The van der Waals surface area contributed by atoms with Gasteiger partial charge in [0, 0.05) is 17.0 Å². The van der Waals surface area contributed by atoms with E-state index < -0.39 is 71.9 Å². The third-order valence-corrected chi connectivity index (χ3v) is 2.20. The molecular formula is C13H17N3O. The second-order valence-corrected chi connectivity index (χ2v) is 3.36. The summed E-state index contributed by atoms with van der Waals surface area (Å²) in [6.07, 6.45) is -7.56. The lowest BCUT2D eigenvalue weighted by molar-refractivity contribution is 0.368. The predicted octanol–water partition coefficient (Wildman–Crippen LogP) is 1.56. The summed E-state index contributed by atoms with van der Waals surface area (Å²) in [5.74, 6) is 0. The summed E-state index contributed by atoms with van der Waals surface area (Å²) >= 11 is 0. The summed E-state index contributed by atoms with van der Waals surface area (Å²) in [4.78, 5) is 12.9. The summed E-state index contributed by atoms with van der Waals surface area (Å²) in [7, 11) is 0. The largest absolute Gasteiger partial charge is 0.326 e. The third-order valence-electron chi connectivity index (χ3n) is 2.20. The molecule has 4 nitrogen and oxygen atoms in total. The molecule has 1 aromatic carbocycles. The van der Waals surface area contributed by atoms with Crippen LogP contribution in [-0.2, 0) is 0 Å². The zero-order chi connectivity index (χ0) is 24.3. The molecule has 0 saturated carbocycles. The Bertz CT molecular complexity index is 1140. The summed E-state index contributed by atoms with van der Waals surface area (Å²) in [6, 6.07) is -5.74. The van der Waals surface area contributed by atoms with Gasteiger partial charge in [0.2, 0.25) is 0 Å². The second-order valence-electron chi connectivity index (χ2n) is 3.36. The van der Waals surface area contributed by atoms with Crippen molar-refractivity contribution < 1.29 is 19.3 Å². The maximum absolute atomic E-state index is 13.0. The minimum absolute atomic E-state index is 0.0339. The quantitative estimate of drug-likeness (QED) is 0.801. The van der Waals surface area contributed by atoms with E-state index in [0.717, 1.165) is 0 Å². The number of rotatable bonds is 1. The Balaban J connectivity index is 2.66. The van der Waals surface area contributed by atoms with E-state index in [1.54, 1.807) is 0 Å². The number of H-pyrrole nitrogens is 1. The lowest BCUT2D eigenvalue weighted by Crippen LogP contribution is -2.33. The van der Waals surface area contributed by atoms with Crippen molar-refractivity contribution in [3.05, 3.63) is 34.2 Å². The molecule has 0 atom stereocenters. The highest BCUT2D eigenvalue weighted by Crippen LogP contribution is 2.22. The van der Waals surface area contributed by atoms with E-state index in [-0.39, 0.29) is 15.1 Å². The highest BCUT2D eigenvalue weighted by Gasteiger charge is 2.19. The fourth-order valence-corrected chi connectivity index (χ4v) is 1.50. The summed E-state index contributed by atoms with van der Waals surface area (Å²) in [5.41, 5.74) is -3.33. The molecule has 2 aromatic rings. The lowest BCUT2D eigenvalue weighted by atomic mass is 10.1. The standard InChI is InChI=1S/C13H17N3O/c1-9-2-3-11-12(8-9)16(13(17)15-11)10-4-6-14-7-5-10/h2-3,8,10,14H,4-7H2,1H3,(H,15,17)/i2D,3D,4D2,5D2,6D2,7D2,8D,10D/hD2. The number of hydrogen-bond acceptors (Lipinski definition) is 2. The van der Waals surface area contributed by atoms with Crippen molar-refractivity contribution in [3.8, 4) is 0 Å². The summed E-state index contributed by atoms with van der Waals surface area (Å²) in [5, 5.41) is -0.581. The van der Waals surface area contributed by atoms with Crippen LogP contribution in [0.4, 0.5) is 0 Å². The van der Waals surface area contributed by atoms with E-state index in [1.807, 2.05) is 0 Å². The van der Waals surface area contributed by atoms with Crippen LogP contribution in [0.15, 0.2) is 22.9 Å². The molecule has 0 spiro atoms. The number of aromatic nitrogens is 2. The molecular weight excluding hydrogens is 214 g/mol. The highest BCUT2D eigenvalue weighted by atomic mass is 16.1. The molecule has 90 valence electrons. The number of piperidine rings is 1. The smallest absolute Gasteiger partial charge is 0.317 e. The van der Waals surface area contributed by atoms with Gasteiger partial charge in [-0.05, 0) is 50.3 Å². The van der Waals surface area contributed by atoms with Crippen LogP contribution in [0.5, 0.6) is 0 Å². The first-order valence-corrected chi connectivity index (χ1v) is 4.77. The molecule has 0 aliphatic carbocycles. The maximum Gasteiger partial charge on any atom is 0.326 e. The highest BCUT2D eigenvalue weighted by molar-refractivity contribution is 5.76. The minimum Gasteiger partial charge on any atom is -0.317 e. The van der Waals surface area contributed by atoms with Gasteiger partial charge in [-0.15, -0.1) is 0 Å². The Morgan fingerprint density at radius 2 is 2.35 bits per heavy atom. The number of benzene rings is 1. The second kappa shape index (κ2) is 4.04. The number of imidazole rings is 1.